The Morgan fingerprint density at radius 1 is 1.17 bits per heavy atom. The topological polar surface area (TPSA) is 61.6 Å². The zero-order valence-corrected chi connectivity index (χ0v) is 11.8. The van der Waals surface area contributed by atoms with Crippen LogP contribution in [-0.2, 0) is 4.79 Å². The van der Waals surface area contributed by atoms with Crippen molar-refractivity contribution in [2.75, 3.05) is 45.8 Å². The van der Waals surface area contributed by atoms with Gasteiger partial charge in [0.1, 0.15) is 0 Å². The van der Waals surface area contributed by atoms with Gasteiger partial charge in [-0.05, 0) is 33.4 Å². The molecule has 0 atom stereocenters. The minimum atomic E-state index is 0.163. The van der Waals surface area contributed by atoms with E-state index in [9.17, 15) is 4.79 Å². The van der Waals surface area contributed by atoms with Crippen LogP contribution in [0.3, 0.4) is 0 Å². The fourth-order valence-electron chi connectivity index (χ4n) is 2.21. The average Bonchev–Trinajstić information content (AvgIpc) is 2.34. The first-order valence-electron chi connectivity index (χ1n) is 7.06. The molecule has 0 bridgehead atoms. The lowest BCUT2D eigenvalue weighted by Gasteiger charge is -2.34. The minimum absolute atomic E-state index is 0.163. The maximum atomic E-state index is 11.5. The van der Waals surface area contributed by atoms with Crippen LogP contribution in [0, 0.1) is 0 Å². The Kier molecular flexibility index (Phi) is 7.23. The van der Waals surface area contributed by atoms with Crippen LogP contribution in [0.25, 0.3) is 0 Å². The van der Waals surface area contributed by atoms with Crippen molar-refractivity contribution in [3.63, 3.8) is 0 Å². The summed E-state index contributed by atoms with van der Waals surface area (Å²) in [6.45, 7) is 11.1. The van der Waals surface area contributed by atoms with Crippen molar-refractivity contribution in [3.05, 3.63) is 0 Å². The molecule has 1 rings (SSSR count). The summed E-state index contributed by atoms with van der Waals surface area (Å²) in [5.41, 5.74) is 5.51. The van der Waals surface area contributed by atoms with Gasteiger partial charge in [0.2, 0.25) is 5.91 Å². The number of nitrogens with two attached hydrogens (primary N) is 1. The molecule has 1 amide bonds. The number of hydrogen-bond acceptors (Lipinski definition) is 4. The van der Waals surface area contributed by atoms with Crippen LogP contribution >= 0.6 is 0 Å². The summed E-state index contributed by atoms with van der Waals surface area (Å²) >= 11 is 0. The van der Waals surface area contributed by atoms with Crippen molar-refractivity contribution in [3.8, 4) is 0 Å². The number of rotatable bonds is 7. The molecule has 0 saturated carbocycles. The number of nitrogens with one attached hydrogen (secondary N) is 1. The Morgan fingerprint density at radius 2 is 1.72 bits per heavy atom. The van der Waals surface area contributed by atoms with Gasteiger partial charge in [-0.3, -0.25) is 4.79 Å². The molecule has 0 aromatic carbocycles. The van der Waals surface area contributed by atoms with E-state index in [2.05, 4.69) is 15.1 Å². The number of piperazine rings is 1. The molecule has 0 spiro atoms. The third kappa shape index (κ3) is 6.33. The van der Waals surface area contributed by atoms with Crippen molar-refractivity contribution in [2.24, 2.45) is 5.73 Å². The van der Waals surface area contributed by atoms with Gasteiger partial charge in [-0.25, -0.2) is 0 Å². The molecule has 0 aromatic rings. The second kappa shape index (κ2) is 8.45. The van der Waals surface area contributed by atoms with E-state index in [-0.39, 0.29) is 11.9 Å². The van der Waals surface area contributed by atoms with Crippen molar-refractivity contribution >= 4 is 5.91 Å². The quantitative estimate of drug-likeness (QED) is 0.666. The number of nitrogens with zero attached hydrogens (tertiary/aromatic N) is 2. The third-order valence-corrected chi connectivity index (χ3v) is 3.25. The van der Waals surface area contributed by atoms with E-state index in [0.717, 1.165) is 52.2 Å². The smallest absolute Gasteiger partial charge is 0.221 e. The standard InChI is InChI=1S/C13H28N4O/c1-12(2)15-13(18)4-7-17-10-8-16(9-11-17)6-3-5-14/h12H,3-11,14H2,1-2H3,(H,15,18). The Morgan fingerprint density at radius 3 is 2.22 bits per heavy atom. The van der Waals surface area contributed by atoms with Crippen LogP contribution < -0.4 is 11.1 Å². The van der Waals surface area contributed by atoms with Crippen molar-refractivity contribution in [1.82, 2.24) is 15.1 Å². The molecule has 1 fully saturated rings. The summed E-state index contributed by atoms with van der Waals surface area (Å²) < 4.78 is 0. The van der Waals surface area contributed by atoms with Gasteiger partial charge in [-0.2, -0.15) is 0 Å². The Balaban J connectivity index is 2.10. The molecular weight excluding hydrogens is 228 g/mol. The first kappa shape index (κ1) is 15.4. The van der Waals surface area contributed by atoms with E-state index in [4.69, 9.17) is 5.73 Å². The Labute approximate surface area is 111 Å². The lowest BCUT2D eigenvalue weighted by molar-refractivity contribution is -0.122. The van der Waals surface area contributed by atoms with Crippen LogP contribution in [-0.4, -0.2) is 67.6 Å². The molecule has 1 saturated heterocycles. The number of carbonyl (C=O) groups is 1. The predicted octanol–water partition coefficient (Wildman–Crippen LogP) is -0.132. The molecule has 5 nitrogen and oxygen atoms in total. The monoisotopic (exact) mass is 256 g/mol. The maximum absolute atomic E-state index is 11.5. The van der Waals surface area contributed by atoms with Crippen molar-refractivity contribution in [2.45, 2.75) is 32.7 Å². The van der Waals surface area contributed by atoms with E-state index in [1.54, 1.807) is 0 Å². The normalized spacial score (nSPS) is 18.2. The van der Waals surface area contributed by atoms with Crippen LogP contribution in [0.1, 0.15) is 26.7 Å². The highest BCUT2D eigenvalue weighted by Gasteiger charge is 2.16. The highest BCUT2D eigenvalue weighted by molar-refractivity contribution is 5.76. The minimum Gasteiger partial charge on any atom is -0.354 e. The lowest BCUT2D eigenvalue weighted by atomic mass is 10.2. The van der Waals surface area contributed by atoms with Gasteiger partial charge in [0.05, 0.1) is 0 Å². The summed E-state index contributed by atoms with van der Waals surface area (Å²) in [6, 6.07) is 0.241. The second-order valence-corrected chi connectivity index (χ2v) is 5.30. The molecule has 0 unspecified atom stereocenters. The molecular formula is C13H28N4O. The molecule has 106 valence electrons. The highest BCUT2D eigenvalue weighted by Crippen LogP contribution is 2.03. The third-order valence-electron chi connectivity index (χ3n) is 3.25. The molecule has 1 heterocycles. The Hall–Kier alpha value is -0.650. The van der Waals surface area contributed by atoms with Crippen LogP contribution in [0.15, 0.2) is 0 Å². The zero-order valence-electron chi connectivity index (χ0n) is 11.8. The molecule has 1 aliphatic heterocycles. The zero-order chi connectivity index (χ0) is 13.4. The summed E-state index contributed by atoms with van der Waals surface area (Å²) in [5, 5.41) is 2.93. The SMILES string of the molecule is CC(C)NC(=O)CCN1CCN(CCCN)CC1. The molecule has 3 N–H and O–H groups in total. The second-order valence-electron chi connectivity index (χ2n) is 5.30. The van der Waals surface area contributed by atoms with Gasteiger partial charge in [-0.15, -0.1) is 0 Å². The first-order valence-corrected chi connectivity index (χ1v) is 7.06. The fourth-order valence-corrected chi connectivity index (χ4v) is 2.21. The van der Waals surface area contributed by atoms with Crippen molar-refractivity contribution in [1.29, 1.82) is 0 Å². The van der Waals surface area contributed by atoms with Crippen LogP contribution in [0.5, 0.6) is 0 Å². The first-order chi connectivity index (χ1) is 8.61. The Bertz CT molecular complexity index is 237. The number of amides is 1. The lowest BCUT2D eigenvalue weighted by Crippen LogP contribution is -2.47. The van der Waals surface area contributed by atoms with E-state index in [1.165, 1.54) is 0 Å². The molecule has 1 aliphatic rings. The van der Waals surface area contributed by atoms with Gasteiger partial charge < -0.3 is 20.9 Å². The van der Waals surface area contributed by atoms with E-state index < -0.39 is 0 Å². The maximum Gasteiger partial charge on any atom is 0.221 e. The predicted molar refractivity (Wildman–Crippen MR) is 74.4 cm³/mol. The largest absolute Gasteiger partial charge is 0.354 e. The van der Waals surface area contributed by atoms with Gasteiger partial charge in [0.25, 0.3) is 0 Å². The molecule has 18 heavy (non-hydrogen) atoms. The van der Waals surface area contributed by atoms with E-state index >= 15 is 0 Å². The van der Waals surface area contributed by atoms with E-state index in [0.29, 0.717) is 6.42 Å². The van der Waals surface area contributed by atoms with Gasteiger partial charge in [-0.1, -0.05) is 0 Å². The van der Waals surface area contributed by atoms with Gasteiger partial charge >= 0.3 is 0 Å². The van der Waals surface area contributed by atoms with Crippen LogP contribution in [0.2, 0.25) is 0 Å². The summed E-state index contributed by atoms with van der Waals surface area (Å²) in [7, 11) is 0. The number of carbonyl (C=O) groups excluding carboxylic acids is 1. The molecule has 0 aromatic heterocycles. The van der Waals surface area contributed by atoms with E-state index in [1.807, 2.05) is 13.8 Å². The van der Waals surface area contributed by atoms with Gasteiger partial charge in [0, 0.05) is 45.2 Å². The summed E-state index contributed by atoms with van der Waals surface area (Å²) in [6.07, 6.45) is 1.69. The van der Waals surface area contributed by atoms with Crippen molar-refractivity contribution < 1.29 is 4.79 Å². The summed E-state index contributed by atoms with van der Waals surface area (Å²) in [5.74, 6) is 0.163. The van der Waals surface area contributed by atoms with Gasteiger partial charge in [0.15, 0.2) is 0 Å². The molecule has 0 radical (unpaired) electrons. The highest BCUT2D eigenvalue weighted by atomic mass is 16.1. The number of hydrogen-bond donors (Lipinski definition) is 2. The molecule has 0 aliphatic carbocycles. The van der Waals surface area contributed by atoms with Crippen LogP contribution in [0.4, 0.5) is 0 Å². The average molecular weight is 256 g/mol. The summed E-state index contributed by atoms with van der Waals surface area (Å²) in [4.78, 5) is 16.4. The fraction of sp³-hybridized carbons (Fsp3) is 0.923. The molecule has 5 heteroatoms.